The number of hydrogen-bond acceptors (Lipinski definition) is 4. The predicted molar refractivity (Wildman–Crippen MR) is 105 cm³/mol. The van der Waals surface area contributed by atoms with Crippen LogP contribution in [0.15, 0.2) is 29.6 Å². The van der Waals surface area contributed by atoms with E-state index in [9.17, 15) is 9.59 Å². The van der Waals surface area contributed by atoms with E-state index >= 15 is 0 Å². The number of nitrogens with one attached hydrogen (secondary N) is 1. The number of aromatic nitrogens is 1. The third-order valence-electron chi connectivity index (χ3n) is 4.44. The summed E-state index contributed by atoms with van der Waals surface area (Å²) in [7, 11) is 0. The number of rotatable bonds is 6. The van der Waals surface area contributed by atoms with Crippen molar-refractivity contribution in [3.63, 3.8) is 0 Å². The number of anilines is 1. The van der Waals surface area contributed by atoms with Gasteiger partial charge in [0.2, 0.25) is 5.91 Å². The van der Waals surface area contributed by atoms with Gasteiger partial charge in [-0.05, 0) is 43.9 Å². The Labute approximate surface area is 158 Å². The number of carbonyl (C=O) groups is 2. The Morgan fingerprint density at radius 1 is 1.38 bits per heavy atom. The monoisotopic (exact) mass is 371 g/mol. The highest BCUT2D eigenvalue weighted by molar-refractivity contribution is 7.09. The Bertz CT molecular complexity index is 800. The highest BCUT2D eigenvalue weighted by atomic mass is 32.1. The number of benzene rings is 1. The van der Waals surface area contributed by atoms with Crippen LogP contribution in [0.4, 0.5) is 5.69 Å². The van der Waals surface area contributed by atoms with Gasteiger partial charge in [0, 0.05) is 35.3 Å². The van der Waals surface area contributed by atoms with Crippen molar-refractivity contribution in [3.05, 3.63) is 45.9 Å². The van der Waals surface area contributed by atoms with Crippen LogP contribution in [0.25, 0.3) is 0 Å². The van der Waals surface area contributed by atoms with Gasteiger partial charge >= 0.3 is 0 Å². The molecule has 26 heavy (non-hydrogen) atoms. The number of aryl methyl sites for hydroxylation is 1. The SMILES string of the molecule is Cc1csc(C(CC(C)C)NC(=O)c2cccc(N3CCCC3=O)c2)n1. The molecule has 0 radical (unpaired) electrons. The summed E-state index contributed by atoms with van der Waals surface area (Å²) in [4.78, 5) is 31.1. The Kier molecular flexibility index (Phi) is 5.71. The van der Waals surface area contributed by atoms with Crippen LogP contribution < -0.4 is 10.2 Å². The minimum atomic E-state index is -0.128. The second-order valence-corrected chi connectivity index (χ2v) is 8.07. The lowest BCUT2D eigenvalue weighted by Gasteiger charge is -2.20. The molecule has 1 aliphatic rings. The quantitative estimate of drug-likeness (QED) is 0.832. The van der Waals surface area contributed by atoms with E-state index in [4.69, 9.17) is 0 Å². The normalized spacial score (nSPS) is 15.5. The Morgan fingerprint density at radius 2 is 2.19 bits per heavy atom. The van der Waals surface area contributed by atoms with Gasteiger partial charge in [0.05, 0.1) is 6.04 Å². The molecule has 2 aromatic rings. The van der Waals surface area contributed by atoms with E-state index < -0.39 is 0 Å². The molecule has 1 atom stereocenters. The van der Waals surface area contributed by atoms with E-state index in [-0.39, 0.29) is 17.9 Å². The molecule has 2 amide bonds. The maximum atomic E-state index is 12.8. The molecule has 1 saturated heterocycles. The van der Waals surface area contributed by atoms with E-state index in [1.54, 1.807) is 28.4 Å². The van der Waals surface area contributed by atoms with E-state index in [0.29, 0.717) is 17.9 Å². The van der Waals surface area contributed by atoms with E-state index in [1.807, 2.05) is 24.4 Å². The van der Waals surface area contributed by atoms with Crippen LogP contribution in [0, 0.1) is 12.8 Å². The molecular formula is C20H25N3O2S. The van der Waals surface area contributed by atoms with Gasteiger partial charge < -0.3 is 10.2 Å². The molecule has 1 unspecified atom stereocenters. The van der Waals surface area contributed by atoms with E-state index in [1.165, 1.54) is 0 Å². The fraction of sp³-hybridized carbons (Fsp3) is 0.450. The van der Waals surface area contributed by atoms with E-state index in [0.717, 1.165) is 35.8 Å². The van der Waals surface area contributed by atoms with Crippen LogP contribution in [-0.2, 0) is 4.79 Å². The van der Waals surface area contributed by atoms with Gasteiger partial charge in [-0.1, -0.05) is 19.9 Å². The first-order chi connectivity index (χ1) is 12.4. The average molecular weight is 372 g/mol. The summed E-state index contributed by atoms with van der Waals surface area (Å²) in [6.45, 7) is 6.96. The largest absolute Gasteiger partial charge is 0.343 e. The zero-order chi connectivity index (χ0) is 18.7. The second kappa shape index (κ2) is 7.99. The molecule has 5 nitrogen and oxygen atoms in total. The first kappa shape index (κ1) is 18.6. The number of nitrogens with zero attached hydrogens (tertiary/aromatic N) is 2. The van der Waals surface area contributed by atoms with Gasteiger partial charge in [0.1, 0.15) is 5.01 Å². The third kappa shape index (κ3) is 4.30. The molecule has 0 aliphatic carbocycles. The van der Waals surface area contributed by atoms with Crippen LogP contribution in [0.2, 0.25) is 0 Å². The highest BCUT2D eigenvalue weighted by Crippen LogP contribution is 2.26. The van der Waals surface area contributed by atoms with Crippen molar-refractivity contribution in [2.45, 2.75) is 46.1 Å². The zero-order valence-corrected chi connectivity index (χ0v) is 16.3. The highest BCUT2D eigenvalue weighted by Gasteiger charge is 2.23. The molecule has 1 N–H and O–H groups in total. The molecule has 0 spiro atoms. The summed E-state index contributed by atoms with van der Waals surface area (Å²) in [5, 5.41) is 6.08. The van der Waals surface area contributed by atoms with Crippen molar-refractivity contribution >= 4 is 28.8 Å². The maximum Gasteiger partial charge on any atom is 0.251 e. The Hall–Kier alpha value is -2.21. The van der Waals surface area contributed by atoms with Crippen LogP contribution in [-0.4, -0.2) is 23.3 Å². The molecule has 0 bridgehead atoms. The number of carbonyl (C=O) groups excluding carboxylic acids is 2. The topological polar surface area (TPSA) is 62.3 Å². The van der Waals surface area contributed by atoms with Crippen LogP contribution in [0.3, 0.4) is 0 Å². The first-order valence-corrected chi connectivity index (χ1v) is 9.95. The third-order valence-corrected chi connectivity index (χ3v) is 5.52. The van der Waals surface area contributed by atoms with Crippen LogP contribution in [0.1, 0.15) is 60.2 Å². The molecule has 1 fully saturated rings. The zero-order valence-electron chi connectivity index (χ0n) is 15.5. The minimum absolute atomic E-state index is 0.0988. The lowest BCUT2D eigenvalue weighted by atomic mass is 10.0. The van der Waals surface area contributed by atoms with Gasteiger partial charge in [-0.25, -0.2) is 4.98 Å². The molecule has 2 heterocycles. The number of hydrogen-bond donors (Lipinski definition) is 1. The van der Waals surface area contributed by atoms with Crippen molar-refractivity contribution in [3.8, 4) is 0 Å². The van der Waals surface area contributed by atoms with Crippen LogP contribution in [0.5, 0.6) is 0 Å². The standard InChI is InChI=1S/C20H25N3O2S/c1-13(2)10-17(20-21-14(3)12-26-20)22-19(25)15-6-4-7-16(11-15)23-9-5-8-18(23)24/h4,6-7,11-13,17H,5,8-10H2,1-3H3,(H,22,25). The molecule has 0 saturated carbocycles. The van der Waals surface area contributed by atoms with Gasteiger partial charge in [0.15, 0.2) is 0 Å². The fourth-order valence-corrected chi connectivity index (χ4v) is 4.06. The Balaban J connectivity index is 1.78. The lowest BCUT2D eigenvalue weighted by Crippen LogP contribution is -2.30. The smallest absolute Gasteiger partial charge is 0.251 e. The summed E-state index contributed by atoms with van der Waals surface area (Å²) in [6.07, 6.45) is 2.29. The van der Waals surface area contributed by atoms with Crippen molar-refractivity contribution < 1.29 is 9.59 Å². The number of thiazole rings is 1. The summed E-state index contributed by atoms with van der Waals surface area (Å²) < 4.78 is 0. The maximum absolute atomic E-state index is 12.8. The van der Waals surface area contributed by atoms with Crippen LogP contribution >= 0.6 is 11.3 Å². The van der Waals surface area contributed by atoms with E-state index in [2.05, 4.69) is 24.1 Å². The fourth-order valence-electron chi connectivity index (χ4n) is 3.20. The first-order valence-electron chi connectivity index (χ1n) is 9.07. The minimum Gasteiger partial charge on any atom is -0.343 e. The molecule has 1 aromatic carbocycles. The van der Waals surface area contributed by atoms with Crippen molar-refractivity contribution in [2.75, 3.05) is 11.4 Å². The molecule has 3 rings (SSSR count). The van der Waals surface area contributed by atoms with Gasteiger partial charge in [0.25, 0.3) is 5.91 Å². The second-order valence-electron chi connectivity index (χ2n) is 7.18. The molecule has 138 valence electrons. The summed E-state index contributed by atoms with van der Waals surface area (Å²) in [5.41, 5.74) is 2.34. The van der Waals surface area contributed by atoms with Gasteiger partial charge in [-0.3, -0.25) is 9.59 Å². The van der Waals surface area contributed by atoms with Gasteiger partial charge in [-0.15, -0.1) is 11.3 Å². The van der Waals surface area contributed by atoms with Crippen molar-refractivity contribution in [2.24, 2.45) is 5.92 Å². The predicted octanol–water partition coefficient (Wildman–Crippen LogP) is 4.10. The lowest BCUT2D eigenvalue weighted by molar-refractivity contribution is -0.117. The summed E-state index contributed by atoms with van der Waals surface area (Å²) in [6, 6.07) is 7.21. The summed E-state index contributed by atoms with van der Waals surface area (Å²) >= 11 is 1.58. The van der Waals surface area contributed by atoms with Crippen molar-refractivity contribution in [1.29, 1.82) is 0 Å². The molecular weight excluding hydrogens is 346 g/mol. The average Bonchev–Trinajstić information content (AvgIpc) is 3.22. The molecule has 1 aromatic heterocycles. The molecule has 1 aliphatic heterocycles. The van der Waals surface area contributed by atoms with Crippen molar-refractivity contribution in [1.82, 2.24) is 10.3 Å². The molecule has 6 heteroatoms. The van der Waals surface area contributed by atoms with Gasteiger partial charge in [-0.2, -0.15) is 0 Å². The number of amides is 2. The Morgan fingerprint density at radius 3 is 2.81 bits per heavy atom. The summed E-state index contributed by atoms with van der Waals surface area (Å²) in [5.74, 6) is 0.438.